The number of benzene rings is 1. The number of guanidine groups is 1. The molecule has 0 radical (unpaired) electrons. The van der Waals surface area contributed by atoms with E-state index in [9.17, 15) is 4.79 Å². The van der Waals surface area contributed by atoms with Crippen molar-refractivity contribution in [3.8, 4) is 0 Å². The summed E-state index contributed by atoms with van der Waals surface area (Å²) in [6.45, 7) is 6.24. The predicted molar refractivity (Wildman–Crippen MR) is 116 cm³/mol. The van der Waals surface area contributed by atoms with Gasteiger partial charge >= 0.3 is 0 Å². The van der Waals surface area contributed by atoms with Gasteiger partial charge in [-0.25, -0.2) is 0 Å². The van der Waals surface area contributed by atoms with Crippen molar-refractivity contribution < 1.29 is 4.79 Å². The first-order valence-electron chi connectivity index (χ1n) is 10.5. The smallest absolute Gasteiger partial charge is 0.222 e. The second kappa shape index (κ2) is 10.2. The van der Waals surface area contributed by atoms with Crippen molar-refractivity contribution in [3.05, 3.63) is 35.5 Å². The standard InChI is InChI=1S/C22H33N5O/c1-3-23-22(25-13-11-21(28)27-18-6-4-5-7-18)24-12-10-17-15-26-20-14-16(2)8-9-19(17)20/h8-9,14-15,18,26H,3-7,10-13H2,1-2H3,(H,27,28)(H2,23,24,25). The van der Waals surface area contributed by atoms with Crippen LogP contribution in [0.3, 0.4) is 0 Å². The molecule has 0 saturated heterocycles. The highest BCUT2D eigenvalue weighted by molar-refractivity contribution is 5.84. The highest BCUT2D eigenvalue weighted by atomic mass is 16.1. The van der Waals surface area contributed by atoms with Gasteiger partial charge in [-0.2, -0.15) is 0 Å². The van der Waals surface area contributed by atoms with Crippen LogP contribution in [0, 0.1) is 6.92 Å². The zero-order chi connectivity index (χ0) is 19.8. The summed E-state index contributed by atoms with van der Waals surface area (Å²) in [5, 5.41) is 11.0. The molecule has 1 aliphatic carbocycles. The number of H-pyrrole nitrogens is 1. The van der Waals surface area contributed by atoms with E-state index >= 15 is 0 Å². The van der Waals surface area contributed by atoms with Crippen LogP contribution < -0.4 is 16.0 Å². The lowest BCUT2D eigenvalue weighted by Crippen LogP contribution is -2.38. The zero-order valence-corrected chi connectivity index (χ0v) is 17.1. The summed E-state index contributed by atoms with van der Waals surface area (Å²) >= 11 is 0. The Bertz CT molecular complexity index is 804. The molecule has 152 valence electrons. The van der Waals surface area contributed by atoms with Crippen molar-refractivity contribution in [1.82, 2.24) is 20.9 Å². The van der Waals surface area contributed by atoms with Gasteiger partial charge in [-0.05, 0) is 50.3 Å². The van der Waals surface area contributed by atoms with Crippen LogP contribution in [-0.4, -0.2) is 42.5 Å². The van der Waals surface area contributed by atoms with Crippen molar-refractivity contribution in [1.29, 1.82) is 0 Å². The molecule has 0 aliphatic heterocycles. The summed E-state index contributed by atoms with van der Waals surface area (Å²) in [4.78, 5) is 19.9. The van der Waals surface area contributed by atoms with Crippen LogP contribution in [0.4, 0.5) is 0 Å². The number of hydrogen-bond donors (Lipinski definition) is 4. The van der Waals surface area contributed by atoms with Gasteiger partial charge in [0.1, 0.15) is 0 Å². The molecule has 1 saturated carbocycles. The third kappa shape index (κ3) is 5.75. The van der Waals surface area contributed by atoms with Gasteiger partial charge in [0.05, 0.1) is 6.54 Å². The predicted octanol–water partition coefficient (Wildman–Crippen LogP) is 3.02. The van der Waals surface area contributed by atoms with E-state index in [1.54, 1.807) is 0 Å². The number of amides is 1. The molecule has 1 aliphatic rings. The number of aromatic nitrogens is 1. The number of nitrogens with zero attached hydrogens (tertiary/aromatic N) is 1. The Hall–Kier alpha value is -2.50. The Morgan fingerprint density at radius 3 is 2.86 bits per heavy atom. The fraction of sp³-hybridized carbons (Fsp3) is 0.545. The summed E-state index contributed by atoms with van der Waals surface area (Å²) < 4.78 is 0. The Kier molecular flexibility index (Phi) is 7.34. The fourth-order valence-electron chi connectivity index (χ4n) is 3.80. The van der Waals surface area contributed by atoms with Crippen molar-refractivity contribution in [2.75, 3.05) is 19.6 Å². The molecule has 1 heterocycles. The lowest BCUT2D eigenvalue weighted by atomic mass is 10.1. The summed E-state index contributed by atoms with van der Waals surface area (Å²) in [7, 11) is 0. The summed E-state index contributed by atoms with van der Waals surface area (Å²) in [5.41, 5.74) is 3.75. The second-order valence-electron chi connectivity index (χ2n) is 7.60. The number of carbonyl (C=O) groups is 1. The van der Waals surface area contributed by atoms with Crippen LogP contribution in [0.2, 0.25) is 0 Å². The molecule has 4 N–H and O–H groups in total. The van der Waals surface area contributed by atoms with Crippen LogP contribution >= 0.6 is 0 Å². The average molecular weight is 384 g/mol. The maximum atomic E-state index is 12.0. The Labute approximate surface area is 167 Å². The van der Waals surface area contributed by atoms with Crippen molar-refractivity contribution in [2.24, 2.45) is 4.99 Å². The maximum Gasteiger partial charge on any atom is 0.222 e. The molecular weight excluding hydrogens is 350 g/mol. The molecule has 28 heavy (non-hydrogen) atoms. The van der Waals surface area contributed by atoms with E-state index in [0.29, 0.717) is 19.0 Å². The zero-order valence-electron chi connectivity index (χ0n) is 17.1. The van der Waals surface area contributed by atoms with E-state index in [1.165, 1.54) is 34.9 Å². The second-order valence-corrected chi connectivity index (χ2v) is 7.60. The minimum absolute atomic E-state index is 0.112. The molecule has 0 atom stereocenters. The van der Waals surface area contributed by atoms with Crippen LogP contribution in [0.5, 0.6) is 0 Å². The number of aryl methyl sites for hydroxylation is 1. The van der Waals surface area contributed by atoms with Crippen molar-refractivity contribution >= 4 is 22.8 Å². The minimum atomic E-state index is 0.112. The lowest BCUT2D eigenvalue weighted by molar-refractivity contribution is -0.121. The first-order chi connectivity index (χ1) is 13.7. The molecule has 2 aromatic rings. The van der Waals surface area contributed by atoms with Gasteiger partial charge in [-0.15, -0.1) is 0 Å². The molecule has 3 rings (SSSR count). The third-order valence-electron chi connectivity index (χ3n) is 5.28. The quantitative estimate of drug-likeness (QED) is 0.418. The van der Waals surface area contributed by atoms with Gasteiger partial charge < -0.3 is 20.9 Å². The van der Waals surface area contributed by atoms with E-state index in [4.69, 9.17) is 0 Å². The molecule has 1 aromatic heterocycles. The molecule has 1 aromatic carbocycles. The lowest BCUT2D eigenvalue weighted by Gasteiger charge is -2.12. The molecule has 6 nitrogen and oxygen atoms in total. The number of aromatic amines is 1. The van der Waals surface area contributed by atoms with Gasteiger partial charge in [-0.1, -0.05) is 25.0 Å². The molecule has 0 spiro atoms. The SMILES string of the molecule is CCNC(=NCCC(=O)NC1CCCC1)NCCc1c[nH]c2cc(C)ccc12. The van der Waals surface area contributed by atoms with Gasteiger partial charge in [0, 0.05) is 42.7 Å². The summed E-state index contributed by atoms with van der Waals surface area (Å²) in [5.74, 6) is 0.882. The van der Waals surface area contributed by atoms with Crippen LogP contribution in [-0.2, 0) is 11.2 Å². The number of nitrogens with one attached hydrogen (secondary N) is 4. The summed E-state index contributed by atoms with van der Waals surface area (Å²) in [6.07, 6.45) is 8.13. The fourth-order valence-corrected chi connectivity index (χ4v) is 3.80. The van der Waals surface area contributed by atoms with E-state index in [0.717, 1.165) is 38.3 Å². The highest BCUT2D eigenvalue weighted by Crippen LogP contribution is 2.19. The Balaban J connectivity index is 1.45. The molecule has 1 amide bonds. The normalized spacial score (nSPS) is 15.1. The summed E-state index contributed by atoms with van der Waals surface area (Å²) in [6, 6.07) is 6.88. The third-order valence-corrected chi connectivity index (χ3v) is 5.28. The van der Waals surface area contributed by atoms with Gasteiger partial charge in [0.2, 0.25) is 5.91 Å². The van der Waals surface area contributed by atoms with Crippen molar-refractivity contribution in [2.45, 2.75) is 58.4 Å². The van der Waals surface area contributed by atoms with E-state index in [1.807, 2.05) is 6.92 Å². The highest BCUT2D eigenvalue weighted by Gasteiger charge is 2.16. The number of carbonyl (C=O) groups excluding carboxylic acids is 1. The Morgan fingerprint density at radius 1 is 1.25 bits per heavy atom. The molecular formula is C22H33N5O. The van der Waals surface area contributed by atoms with Crippen LogP contribution in [0.1, 0.15) is 50.2 Å². The largest absolute Gasteiger partial charge is 0.361 e. The minimum Gasteiger partial charge on any atom is -0.361 e. The van der Waals surface area contributed by atoms with Crippen LogP contribution in [0.15, 0.2) is 29.4 Å². The first-order valence-corrected chi connectivity index (χ1v) is 10.5. The molecule has 0 unspecified atom stereocenters. The number of hydrogen-bond acceptors (Lipinski definition) is 2. The number of rotatable bonds is 8. The van der Waals surface area contributed by atoms with E-state index in [2.05, 4.69) is 57.2 Å². The van der Waals surface area contributed by atoms with Gasteiger partial charge in [0.25, 0.3) is 0 Å². The Morgan fingerprint density at radius 2 is 2.07 bits per heavy atom. The van der Waals surface area contributed by atoms with E-state index in [-0.39, 0.29) is 5.91 Å². The monoisotopic (exact) mass is 383 g/mol. The maximum absolute atomic E-state index is 12.0. The van der Waals surface area contributed by atoms with Gasteiger partial charge in [0.15, 0.2) is 5.96 Å². The van der Waals surface area contributed by atoms with Gasteiger partial charge in [-0.3, -0.25) is 9.79 Å². The number of fused-ring (bicyclic) bond motifs is 1. The molecule has 0 bridgehead atoms. The van der Waals surface area contributed by atoms with Crippen molar-refractivity contribution in [3.63, 3.8) is 0 Å². The van der Waals surface area contributed by atoms with Crippen LogP contribution in [0.25, 0.3) is 10.9 Å². The molecule has 6 heteroatoms. The van der Waals surface area contributed by atoms with E-state index < -0.39 is 0 Å². The number of aliphatic imine (C=N–C) groups is 1. The first kappa shape index (κ1) is 20.2. The topological polar surface area (TPSA) is 81.3 Å². The average Bonchev–Trinajstić information content (AvgIpc) is 3.31. The molecule has 1 fully saturated rings.